The van der Waals surface area contributed by atoms with Gasteiger partial charge in [-0.15, -0.1) is 12.4 Å². The molecule has 0 amide bonds. The molecule has 0 aliphatic carbocycles. The van der Waals surface area contributed by atoms with E-state index in [2.05, 4.69) is 20.9 Å². The number of nitrogens with two attached hydrogens (primary N) is 1. The summed E-state index contributed by atoms with van der Waals surface area (Å²) in [4.78, 5) is 4.21. The summed E-state index contributed by atoms with van der Waals surface area (Å²) in [6.45, 7) is 0. The molecule has 0 radical (unpaired) electrons. The minimum atomic E-state index is 0. The Hall–Kier alpha value is -1.13. The third kappa shape index (κ3) is 2.11. The molecule has 5 heteroatoms. The fraction of sp³-hybridized carbons (Fsp3) is 0. The average Bonchev–Trinajstić information content (AvgIpc) is 2.18. The highest BCUT2D eigenvalue weighted by Crippen LogP contribution is 2.24. The normalized spacial score (nSPS) is 9.67. The molecule has 78 valence electrons. The van der Waals surface area contributed by atoms with Crippen molar-refractivity contribution >= 4 is 45.1 Å². The van der Waals surface area contributed by atoms with Crippen LogP contribution in [0.1, 0.15) is 5.56 Å². The Morgan fingerprint density at radius 3 is 2.73 bits per heavy atom. The van der Waals surface area contributed by atoms with Gasteiger partial charge >= 0.3 is 0 Å². The van der Waals surface area contributed by atoms with Gasteiger partial charge in [-0.3, -0.25) is 10.4 Å². The number of amidine groups is 1. The second-order valence-corrected chi connectivity index (χ2v) is 3.76. The van der Waals surface area contributed by atoms with Crippen LogP contribution in [0.4, 0.5) is 0 Å². The van der Waals surface area contributed by atoms with E-state index in [0.29, 0.717) is 5.56 Å². The van der Waals surface area contributed by atoms with Gasteiger partial charge in [0.05, 0.1) is 5.52 Å². The second-order valence-electron chi connectivity index (χ2n) is 2.91. The highest BCUT2D eigenvalue weighted by molar-refractivity contribution is 9.10. The number of nitrogens with one attached hydrogen (secondary N) is 1. The summed E-state index contributed by atoms with van der Waals surface area (Å²) in [5.74, 6) is 0.0428. The molecule has 0 spiro atoms. The fourth-order valence-corrected chi connectivity index (χ4v) is 1.81. The first-order valence-electron chi connectivity index (χ1n) is 4.08. The van der Waals surface area contributed by atoms with Gasteiger partial charge in [0.2, 0.25) is 0 Å². The van der Waals surface area contributed by atoms with E-state index in [4.69, 9.17) is 11.1 Å². The first-order chi connectivity index (χ1) is 6.70. The number of fused-ring (bicyclic) bond motifs is 1. The molecular weight excluding hydrogens is 277 g/mol. The second kappa shape index (κ2) is 4.59. The van der Waals surface area contributed by atoms with Crippen LogP contribution in [0.15, 0.2) is 34.9 Å². The molecule has 3 nitrogen and oxygen atoms in total. The van der Waals surface area contributed by atoms with Crippen LogP contribution in [0.25, 0.3) is 10.9 Å². The Bertz CT molecular complexity index is 513. The highest BCUT2D eigenvalue weighted by Gasteiger charge is 2.06. The highest BCUT2D eigenvalue weighted by atomic mass is 79.9. The standard InChI is InChI=1S/C10H8BrN3.ClH/c11-8-4-3-7(10(12)13)9-6(8)2-1-5-14-9;/h1-5H,(H3,12,13);1H. The molecular formula is C10H9BrClN3. The van der Waals surface area contributed by atoms with Gasteiger partial charge < -0.3 is 5.73 Å². The van der Waals surface area contributed by atoms with Crippen molar-refractivity contribution in [1.82, 2.24) is 4.98 Å². The minimum Gasteiger partial charge on any atom is -0.384 e. The van der Waals surface area contributed by atoms with Gasteiger partial charge in [0.1, 0.15) is 5.84 Å². The molecule has 1 aromatic carbocycles. The van der Waals surface area contributed by atoms with Crippen LogP contribution in [0.5, 0.6) is 0 Å². The molecule has 2 aromatic rings. The number of nitrogens with zero attached hydrogens (tertiary/aromatic N) is 1. The molecule has 0 atom stereocenters. The molecule has 0 saturated heterocycles. The van der Waals surface area contributed by atoms with Crippen molar-refractivity contribution in [2.75, 3.05) is 0 Å². The van der Waals surface area contributed by atoms with Crippen LogP contribution in [0.2, 0.25) is 0 Å². The molecule has 0 unspecified atom stereocenters. The Morgan fingerprint density at radius 1 is 1.33 bits per heavy atom. The van der Waals surface area contributed by atoms with E-state index < -0.39 is 0 Å². The van der Waals surface area contributed by atoms with Crippen LogP contribution < -0.4 is 5.73 Å². The van der Waals surface area contributed by atoms with E-state index in [-0.39, 0.29) is 18.2 Å². The van der Waals surface area contributed by atoms with Crippen molar-refractivity contribution in [3.63, 3.8) is 0 Å². The van der Waals surface area contributed by atoms with Crippen molar-refractivity contribution in [1.29, 1.82) is 5.41 Å². The lowest BCUT2D eigenvalue weighted by Crippen LogP contribution is -2.11. The molecule has 3 N–H and O–H groups in total. The van der Waals surface area contributed by atoms with Gasteiger partial charge in [-0.25, -0.2) is 0 Å². The number of nitrogen functional groups attached to an aromatic ring is 1. The van der Waals surface area contributed by atoms with Crippen molar-refractivity contribution in [2.45, 2.75) is 0 Å². The number of benzene rings is 1. The lowest BCUT2D eigenvalue weighted by molar-refractivity contribution is 1.37. The van der Waals surface area contributed by atoms with Crippen LogP contribution in [-0.2, 0) is 0 Å². The summed E-state index contributed by atoms with van der Waals surface area (Å²) in [6.07, 6.45) is 1.70. The van der Waals surface area contributed by atoms with E-state index in [9.17, 15) is 0 Å². The van der Waals surface area contributed by atoms with Gasteiger partial charge in [-0.2, -0.15) is 0 Å². The summed E-state index contributed by atoms with van der Waals surface area (Å²) in [5, 5.41) is 8.38. The maximum atomic E-state index is 7.41. The molecule has 0 saturated carbocycles. The predicted molar refractivity (Wildman–Crippen MR) is 67.7 cm³/mol. The van der Waals surface area contributed by atoms with E-state index >= 15 is 0 Å². The minimum absolute atomic E-state index is 0. The number of pyridine rings is 1. The van der Waals surface area contributed by atoms with Crippen molar-refractivity contribution in [2.24, 2.45) is 5.73 Å². The Kier molecular flexibility index (Phi) is 3.66. The zero-order valence-corrected chi connectivity index (χ0v) is 10.1. The Morgan fingerprint density at radius 2 is 2.07 bits per heavy atom. The summed E-state index contributed by atoms with van der Waals surface area (Å²) >= 11 is 3.43. The number of aromatic nitrogens is 1. The van der Waals surface area contributed by atoms with Crippen LogP contribution in [0, 0.1) is 5.41 Å². The fourth-order valence-electron chi connectivity index (χ4n) is 1.36. The van der Waals surface area contributed by atoms with Crippen molar-refractivity contribution < 1.29 is 0 Å². The number of hydrogen-bond acceptors (Lipinski definition) is 2. The summed E-state index contributed by atoms with van der Waals surface area (Å²) in [6, 6.07) is 7.47. The van der Waals surface area contributed by atoms with Gasteiger partial charge in [0.25, 0.3) is 0 Å². The Labute approximate surface area is 102 Å². The van der Waals surface area contributed by atoms with Gasteiger partial charge in [0, 0.05) is 21.6 Å². The maximum absolute atomic E-state index is 7.41. The van der Waals surface area contributed by atoms with E-state index in [1.54, 1.807) is 12.3 Å². The van der Waals surface area contributed by atoms with E-state index in [0.717, 1.165) is 15.4 Å². The zero-order valence-electron chi connectivity index (χ0n) is 7.70. The van der Waals surface area contributed by atoms with Crippen molar-refractivity contribution in [3.05, 3.63) is 40.5 Å². The number of hydrogen-bond donors (Lipinski definition) is 2. The maximum Gasteiger partial charge on any atom is 0.125 e. The van der Waals surface area contributed by atoms with Crippen LogP contribution in [-0.4, -0.2) is 10.8 Å². The molecule has 0 fully saturated rings. The lowest BCUT2D eigenvalue weighted by atomic mass is 10.1. The smallest absolute Gasteiger partial charge is 0.125 e. The number of halogens is 2. The SMILES string of the molecule is Cl.N=C(N)c1ccc(Br)c2cccnc12. The third-order valence-electron chi connectivity index (χ3n) is 2.01. The molecule has 1 aromatic heterocycles. The lowest BCUT2D eigenvalue weighted by Gasteiger charge is -2.04. The van der Waals surface area contributed by atoms with Gasteiger partial charge in [-0.1, -0.05) is 22.0 Å². The Balaban J connectivity index is 0.00000112. The van der Waals surface area contributed by atoms with Crippen LogP contribution >= 0.6 is 28.3 Å². The van der Waals surface area contributed by atoms with Gasteiger partial charge in [-0.05, 0) is 18.2 Å². The molecule has 15 heavy (non-hydrogen) atoms. The third-order valence-corrected chi connectivity index (χ3v) is 2.70. The first kappa shape index (κ1) is 11.9. The van der Waals surface area contributed by atoms with E-state index in [1.165, 1.54) is 0 Å². The molecule has 1 heterocycles. The van der Waals surface area contributed by atoms with Gasteiger partial charge in [0.15, 0.2) is 0 Å². The molecule has 0 bridgehead atoms. The monoisotopic (exact) mass is 285 g/mol. The summed E-state index contributed by atoms with van der Waals surface area (Å²) < 4.78 is 0.964. The number of rotatable bonds is 1. The van der Waals surface area contributed by atoms with E-state index in [1.807, 2.05) is 18.2 Å². The molecule has 0 aliphatic rings. The predicted octanol–water partition coefficient (Wildman–Crippen LogP) is 2.70. The average molecular weight is 287 g/mol. The topological polar surface area (TPSA) is 62.8 Å². The first-order valence-corrected chi connectivity index (χ1v) is 4.87. The summed E-state index contributed by atoms with van der Waals surface area (Å²) in [7, 11) is 0. The molecule has 0 aliphatic heterocycles. The largest absolute Gasteiger partial charge is 0.384 e. The van der Waals surface area contributed by atoms with Crippen molar-refractivity contribution in [3.8, 4) is 0 Å². The quantitative estimate of drug-likeness (QED) is 0.625. The summed E-state index contributed by atoms with van der Waals surface area (Å²) in [5.41, 5.74) is 6.89. The van der Waals surface area contributed by atoms with Crippen LogP contribution in [0.3, 0.4) is 0 Å². The molecule has 2 rings (SSSR count). The zero-order chi connectivity index (χ0) is 10.1.